The van der Waals surface area contributed by atoms with E-state index in [1.807, 2.05) is 12.1 Å². The summed E-state index contributed by atoms with van der Waals surface area (Å²) in [5, 5.41) is 12.7. The third kappa shape index (κ3) is 4.16. The van der Waals surface area contributed by atoms with Crippen LogP contribution in [0.15, 0.2) is 46.8 Å². The van der Waals surface area contributed by atoms with Gasteiger partial charge in [-0.2, -0.15) is 0 Å². The van der Waals surface area contributed by atoms with Crippen molar-refractivity contribution in [2.24, 2.45) is 0 Å². The standard InChI is InChI=1S/C18H10Cl2FN3OS3/c19-11-2-1-3-12-13(11)14(20)15(27-12)16(25)22-17-23-24-18(28-17)26-8-9-4-6-10(21)7-5-9/h1-7H,8H2,(H,22,23,25). The monoisotopic (exact) mass is 469 g/mol. The molecule has 0 aliphatic rings. The number of nitrogens with zero attached hydrogens (tertiary/aromatic N) is 2. The second-order valence-corrected chi connectivity index (χ2v) is 9.64. The van der Waals surface area contributed by atoms with E-state index in [0.717, 1.165) is 10.3 Å². The van der Waals surface area contributed by atoms with Gasteiger partial charge in [-0.15, -0.1) is 21.5 Å². The van der Waals surface area contributed by atoms with Gasteiger partial charge < -0.3 is 0 Å². The maximum Gasteiger partial charge on any atom is 0.269 e. The summed E-state index contributed by atoms with van der Waals surface area (Å²) in [5.41, 5.74) is 0.973. The van der Waals surface area contributed by atoms with Crippen molar-refractivity contribution < 1.29 is 9.18 Å². The van der Waals surface area contributed by atoms with Gasteiger partial charge in [-0.25, -0.2) is 4.39 Å². The summed E-state index contributed by atoms with van der Waals surface area (Å²) in [6.45, 7) is 0. The molecule has 2 aromatic carbocycles. The number of benzene rings is 2. The molecule has 0 radical (unpaired) electrons. The minimum absolute atomic E-state index is 0.268. The summed E-state index contributed by atoms with van der Waals surface area (Å²) in [6.07, 6.45) is 0. The van der Waals surface area contributed by atoms with E-state index in [-0.39, 0.29) is 11.7 Å². The molecule has 2 heterocycles. The zero-order valence-electron chi connectivity index (χ0n) is 13.9. The van der Waals surface area contributed by atoms with E-state index in [2.05, 4.69) is 15.5 Å². The summed E-state index contributed by atoms with van der Waals surface area (Å²) in [5.74, 6) is 0.00750. The Bertz CT molecular complexity index is 1160. The molecule has 0 saturated heterocycles. The van der Waals surface area contributed by atoms with Gasteiger partial charge in [0.25, 0.3) is 5.91 Å². The maximum absolute atomic E-state index is 12.9. The summed E-state index contributed by atoms with van der Waals surface area (Å²) in [7, 11) is 0. The van der Waals surface area contributed by atoms with Gasteiger partial charge >= 0.3 is 0 Å². The van der Waals surface area contributed by atoms with Crippen LogP contribution in [0.3, 0.4) is 0 Å². The second kappa shape index (κ2) is 8.34. The van der Waals surface area contributed by atoms with Gasteiger partial charge in [-0.3, -0.25) is 10.1 Å². The highest BCUT2D eigenvalue weighted by atomic mass is 35.5. The van der Waals surface area contributed by atoms with Crippen molar-refractivity contribution in [2.75, 3.05) is 5.32 Å². The Morgan fingerprint density at radius 2 is 1.89 bits per heavy atom. The van der Waals surface area contributed by atoms with Gasteiger partial charge in [0.05, 0.1) is 10.0 Å². The molecule has 0 saturated carbocycles. The Labute approximate surface area is 181 Å². The highest BCUT2D eigenvalue weighted by Crippen LogP contribution is 2.39. The van der Waals surface area contributed by atoms with E-state index in [9.17, 15) is 9.18 Å². The van der Waals surface area contributed by atoms with E-state index in [0.29, 0.717) is 35.5 Å². The van der Waals surface area contributed by atoms with Crippen LogP contribution in [0.2, 0.25) is 10.0 Å². The Morgan fingerprint density at radius 1 is 1.11 bits per heavy atom. The summed E-state index contributed by atoms with van der Waals surface area (Å²) in [4.78, 5) is 13.0. The SMILES string of the molecule is O=C(Nc1nnc(SCc2ccc(F)cc2)s1)c1sc2cccc(Cl)c2c1Cl. The third-order valence-electron chi connectivity index (χ3n) is 3.71. The van der Waals surface area contributed by atoms with Gasteiger partial charge in [-0.1, -0.05) is 64.5 Å². The highest BCUT2D eigenvalue weighted by molar-refractivity contribution is 8.00. The number of fused-ring (bicyclic) bond motifs is 1. The molecule has 0 spiro atoms. The molecule has 0 fully saturated rings. The zero-order valence-corrected chi connectivity index (χ0v) is 17.9. The van der Waals surface area contributed by atoms with Crippen LogP contribution in [-0.4, -0.2) is 16.1 Å². The van der Waals surface area contributed by atoms with Crippen LogP contribution in [0.5, 0.6) is 0 Å². The minimum atomic E-state index is -0.353. The van der Waals surface area contributed by atoms with Crippen molar-refractivity contribution in [1.82, 2.24) is 10.2 Å². The molecule has 4 aromatic rings. The van der Waals surface area contributed by atoms with E-state index in [1.54, 1.807) is 18.2 Å². The fraction of sp³-hybridized carbons (Fsp3) is 0.0556. The lowest BCUT2D eigenvalue weighted by Crippen LogP contribution is -2.10. The van der Waals surface area contributed by atoms with Crippen LogP contribution in [0.4, 0.5) is 9.52 Å². The molecular formula is C18H10Cl2FN3OS3. The minimum Gasteiger partial charge on any atom is -0.296 e. The van der Waals surface area contributed by atoms with Crippen molar-refractivity contribution >= 4 is 78.8 Å². The number of thiophene rings is 1. The van der Waals surface area contributed by atoms with E-state index in [4.69, 9.17) is 23.2 Å². The Hall–Kier alpha value is -1.71. The van der Waals surface area contributed by atoms with Crippen molar-refractivity contribution in [2.45, 2.75) is 10.1 Å². The number of anilines is 1. The molecule has 4 nitrogen and oxygen atoms in total. The lowest BCUT2D eigenvalue weighted by atomic mass is 10.2. The summed E-state index contributed by atoms with van der Waals surface area (Å²) in [6, 6.07) is 11.7. The first-order chi connectivity index (χ1) is 13.5. The summed E-state index contributed by atoms with van der Waals surface area (Å²) >= 11 is 16.5. The van der Waals surface area contributed by atoms with E-state index < -0.39 is 0 Å². The number of hydrogen-bond donors (Lipinski definition) is 1. The Balaban J connectivity index is 1.45. The van der Waals surface area contributed by atoms with Crippen LogP contribution >= 0.6 is 57.6 Å². The molecule has 1 N–H and O–H groups in total. The molecule has 4 rings (SSSR count). The van der Waals surface area contributed by atoms with Crippen LogP contribution in [0.1, 0.15) is 15.2 Å². The Morgan fingerprint density at radius 3 is 2.64 bits per heavy atom. The van der Waals surface area contributed by atoms with E-state index >= 15 is 0 Å². The number of hydrogen-bond acceptors (Lipinski definition) is 6. The molecule has 0 aliphatic heterocycles. The number of nitrogens with one attached hydrogen (secondary N) is 1. The topological polar surface area (TPSA) is 54.9 Å². The average Bonchev–Trinajstić information content (AvgIpc) is 3.26. The fourth-order valence-corrected chi connectivity index (χ4v) is 5.97. The number of carbonyl (C=O) groups excluding carboxylic acids is 1. The van der Waals surface area contributed by atoms with Crippen LogP contribution in [-0.2, 0) is 5.75 Å². The molecule has 2 aromatic heterocycles. The Kier molecular flexibility index (Phi) is 5.84. The molecule has 0 atom stereocenters. The molecule has 0 unspecified atom stereocenters. The number of halogens is 3. The van der Waals surface area contributed by atoms with Gasteiger partial charge in [0.2, 0.25) is 5.13 Å². The van der Waals surface area contributed by atoms with Gasteiger partial charge in [0, 0.05) is 15.8 Å². The molecule has 1 amide bonds. The highest BCUT2D eigenvalue weighted by Gasteiger charge is 2.20. The van der Waals surface area contributed by atoms with Crippen molar-refractivity contribution in [3.63, 3.8) is 0 Å². The van der Waals surface area contributed by atoms with Gasteiger partial charge in [-0.05, 0) is 29.8 Å². The largest absolute Gasteiger partial charge is 0.296 e. The lowest BCUT2D eigenvalue weighted by Gasteiger charge is -1.99. The number of carbonyl (C=O) groups is 1. The maximum atomic E-state index is 12.9. The number of amides is 1. The lowest BCUT2D eigenvalue weighted by molar-refractivity contribution is 0.103. The van der Waals surface area contributed by atoms with Crippen LogP contribution < -0.4 is 5.32 Å². The zero-order chi connectivity index (χ0) is 19.7. The molecule has 0 aliphatic carbocycles. The van der Waals surface area contributed by atoms with Crippen molar-refractivity contribution in [3.8, 4) is 0 Å². The van der Waals surface area contributed by atoms with E-state index in [1.165, 1.54) is 46.6 Å². The first-order valence-corrected chi connectivity index (χ1v) is 11.3. The molecule has 142 valence electrons. The van der Waals surface area contributed by atoms with Crippen molar-refractivity contribution in [1.29, 1.82) is 0 Å². The average molecular weight is 470 g/mol. The molecule has 10 heteroatoms. The van der Waals surface area contributed by atoms with Gasteiger partial charge in [0.15, 0.2) is 4.34 Å². The smallest absolute Gasteiger partial charge is 0.269 e. The predicted molar refractivity (Wildman–Crippen MR) is 116 cm³/mol. The normalized spacial score (nSPS) is 11.1. The number of aromatic nitrogens is 2. The van der Waals surface area contributed by atoms with Gasteiger partial charge in [0.1, 0.15) is 10.7 Å². The quantitative estimate of drug-likeness (QED) is 0.259. The number of thioether (sulfide) groups is 1. The molecule has 0 bridgehead atoms. The first kappa shape index (κ1) is 19.6. The van der Waals surface area contributed by atoms with Crippen molar-refractivity contribution in [3.05, 3.63) is 68.8 Å². The first-order valence-electron chi connectivity index (χ1n) is 7.90. The molecular weight excluding hydrogens is 460 g/mol. The summed E-state index contributed by atoms with van der Waals surface area (Å²) < 4.78 is 14.5. The van der Waals surface area contributed by atoms with Crippen LogP contribution in [0, 0.1) is 5.82 Å². The third-order valence-corrected chi connectivity index (χ3v) is 7.72. The second-order valence-electron chi connectivity index (χ2n) is 5.60. The fourth-order valence-electron chi connectivity index (χ4n) is 2.41. The van der Waals surface area contributed by atoms with Crippen LogP contribution in [0.25, 0.3) is 10.1 Å². The predicted octanol–water partition coefficient (Wildman–Crippen LogP) is 6.74. The number of rotatable bonds is 5. The molecule has 28 heavy (non-hydrogen) atoms.